The molecule has 23 heavy (non-hydrogen) atoms. The average molecular weight is 319 g/mol. The van der Waals surface area contributed by atoms with Crippen molar-refractivity contribution in [2.45, 2.75) is 19.8 Å². The maximum atomic E-state index is 12.1. The number of nitrogens with one attached hydrogen (secondary N) is 1. The van der Waals surface area contributed by atoms with E-state index in [1.165, 1.54) is 0 Å². The molecule has 0 spiro atoms. The van der Waals surface area contributed by atoms with Crippen LogP contribution < -0.4 is 10.2 Å². The number of ether oxygens (including phenoxy) is 2. The van der Waals surface area contributed by atoms with E-state index < -0.39 is 11.4 Å². The van der Waals surface area contributed by atoms with Gasteiger partial charge in [0.2, 0.25) is 0 Å². The number of rotatable bonds is 7. The maximum absolute atomic E-state index is 12.1. The topological polar surface area (TPSA) is 106 Å². The molecule has 1 aromatic carbocycles. The number of hydrogen-bond donors (Lipinski definition) is 2. The van der Waals surface area contributed by atoms with Gasteiger partial charge in [0.1, 0.15) is 11.4 Å². The molecule has 0 unspecified atom stereocenters. The molecule has 1 aromatic heterocycles. The smallest absolute Gasteiger partial charge is 0.352 e. The Balaban J connectivity index is 2.14. The van der Waals surface area contributed by atoms with Crippen LogP contribution in [0.5, 0.6) is 5.75 Å². The zero-order valence-electron chi connectivity index (χ0n) is 12.6. The molecule has 1 heterocycles. The Hall–Kier alpha value is -2.83. The summed E-state index contributed by atoms with van der Waals surface area (Å²) >= 11 is 0. The van der Waals surface area contributed by atoms with E-state index in [9.17, 15) is 14.4 Å². The Morgan fingerprint density at radius 2 is 2.09 bits per heavy atom. The lowest BCUT2D eigenvalue weighted by molar-refractivity contribution is -0.143. The van der Waals surface area contributed by atoms with Gasteiger partial charge in [-0.05, 0) is 25.5 Å². The fourth-order valence-electron chi connectivity index (χ4n) is 2.14. The number of aromatic amines is 1. The molecule has 2 N–H and O–H groups in total. The number of H-pyrrole nitrogens is 1. The molecule has 0 saturated carbocycles. The molecule has 0 aliphatic heterocycles. The number of fused-ring (bicyclic) bond motifs is 1. The quantitative estimate of drug-likeness (QED) is 0.597. The van der Waals surface area contributed by atoms with Crippen molar-refractivity contribution in [2.75, 3.05) is 13.2 Å². The van der Waals surface area contributed by atoms with E-state index in [1.54, 1.807) is 25.1 Å². The first-order chi connectivity index (χ1) is 11.0. The Labute approximate surface area is 131 Å². The van der Waals surface area contributed by atoms with E-state index in [1.807, 2.05) is 0 Å². The minimum atomic E-state index is -1.20. The number of carbonyl (C=O) groups is 2. The summed E-state index contributed by atoms with van der Waals surface area (Å²) in [5, 5.41) is 9.25. The van der Waals surface area contributed by atoms with Gasteiger partial charge in [-0.3, -0.25) is 9.59 Å². The first-order valence-electron chi connectivity index (χ1n) is 7.20. The average Bonchev–Trinajstić information content (AvgIpc) is 2.51. The summed E-state index contributed by atoms with van der Waals surface area (Å²) in [6, 6.07) is 5.91. The van der Waals surface area contributed by atoms with Gasteiger partial charge in [0.05, 0.1) is 24.1 Å². The van der Waals surface area contributed by atoms with Crippen LogP contribution in [-0.2, 0) is 9.53 Å². The SMILES string of the molecule is CCOC(=O)CCCOc1cccc2[nH]c(C(=O)O)cc(=O)c12. The first-order valence-corrected chi connectivity index (χ1v) is 7.20. The van der Waals surface area contributed by atoms with Crippen molar-refractivity contribution in [3.8, 4) is 5.75 Å². The number of carboxylic acids is 1. The van der Waals surface area contributed by atoms with Crippen LogP contribution in [0.2, 0.25) is 0 Å². The monoisotopic (exact) mass is 319 g/mol. The molecule has 7 nitrogen and oxygen atoms in total. The van der Waals surface area contributed by atoms with E-state index in [2.05, 4.69) is 4.98 Å². The van der Waals surface area contributed by atoms with Crippen LogP contribution in [0, 0.1) is 0 Å². The Bertz CT molecular complexity index is 780. The van der Waals surface area contributed by atoms with E-state index in [0.29, 0.717) is 24.3 Å². The lowest BCUT2D eigenvalue weighted by Gasteiger charge is -2.09. The highest BCUT2D eigenvalue weighted by molar-refractivity contribution is 5.91. The van der Waals surface area contributed by atoms with Crippen LogP contribution in [0.25, 0.3) is 10.9 Å². The largest absolute Gasteiger partial charge is 0.493 e. The summed E-state index contributed by atoms with van der Waals surface area (Å²) in [4.78, 5) is 37.0. The number of aromatic carboxylic acids is 1. The van der Waals surface area contributed by atoms with Crippen LogP contribution in [0.3, 0.4) is 0 Å². The molecular weight excluding hydrogens is 302 g/mol. The molecule has 0 radical (unpaired) electrons. The molecule has 0 aliphatic carbocycles. The van der Waals surface area contributed by atoms with E-state index in [4.69, 9.17) is 14.6 Å². The third-order valence-corrected chi connectivity index (χ3v) is 3.14. The number of pyridine rings is 1. The summed E-state index contributed by atoms with van der Waals surface area (Å²) in [5.74, 6) is -1.15. The number of hydrogen-bond acceptors (Lipinski definition) is 5. The van der Waals surface area contributed by atoms with Crippen LogP contribution in [0.15, 0.2) is 29.1 Å². The molecular formula is C16H17NO6. The Morgan fingerprint density at radius 1 is 1.30 bits per heavy atom. The second-order valence-electron chi connectivity index (χ2n) is 4.79. The fourth-order valence-corrected chi connectivity index (χ4v) is 2.14. The van der Waals surface area contributed by atoms with Gasteiger partial charge in [-0.1, -0.05) is 6.07 Å². The zero-order valence-corrected chi connectivity index (χ0v) is 12.6. The molecule has 2 aromatic rings. The van der Waals surface area contributed by atoms with Crippen molar-refractivity contribution in [1.29, 1.82) is 0 Å². The Morgan fingerprint density at radius 3 is 2.78 bits per heavy atom. The molecule has 0 bridgehead atoms. The first kappa shape index (κ1) is 16.5. The van der Waals surface area contributed by atoms with Crippen LogP contribution in [0.4, 0.5) is 0 Å². The predicted molar refractivity (Wildman–Crippen MR) is 82.9 cm³/mol. The van der Waals surface area contributed by atoms with Gasteiger partial charge in [0.25, 0.3) is 0 Å². The highest BCUT2D eigenvalue weighted by atomic mass is 16.5. The summed E-state index contributed by atoms with van der Waals surface area (Å²) in [7, 11) is 0. The van der Waals surface area contributed by atoms with Crippen molar-refractivity contribution in [1.82, 2.24) is 4.98 Å². The van der Waals surface area contributed by atoms with E-state index >= 15 is 0 Å². The molecule has 0 amide bonds. The number of benzene rings is 1. The molecule has 2 rings (SSSR count). The van der Waals surface area contributed by atoms with E-state index in [-0.39, 0.29) is 30.1 Å². The van der Waals surface area contributed by atoms with Crippen molar-refractivity contribution < 1.29 is 24.2 Å². The van der Waals surface area contributed by atoms with Crippen molar-refractivity contribution in [2.24, 2.45) is 0 Å². The van der Waals surface area contributed by atoms with Gasteiger partial charge in [-0.2, -0.15) is 0 Å². The maximum Gasteiger partial charge on any atom is 0.352 e. The number of carbonyl (C=O) groups excluding carboxylic acids is 1. The highest BCUT2D eigenvalue weighted by Crippen LogP contribution is 2.21. The molecule has 0 aliphatic rings. The second-order valence-corrected chi connectivity index (χ2v) is 4.79. The third kappa shape index (κ3) is 4.09. The van der Waals surface area contributed by atoms with Crippen molar-refractivity contribution >= 4 is 22.8 Å². The Kier molecular flexibility index (Phi) is 5.35. The van der Waals surface area contributed by atoms with Crippen LogP contribution >= 0.6 is 0 Å². The van der Waals surface area contributed by atoms with Crippen molar-refractivity contribution in [3.63, 3.8) is 0 Å². The predicted octanol–water partition coefficient (Wildman–Crippen LogP) is 1.95. The normalized spacial score (nSPS) is 10.5. The van der Waals surface area contributed by atoms with Crippen LogP contribution in [-0.4, -0.2) is 35.2 Å². The highest BCUT2D eigenvalue weighted by Gasteiger charge is 2.11. The van der Waals surface area contributed by atoms with Crippen molar-refractivity contribution in [3.05, 3.63) is 40.2 Å². The summed E-state index contributed by atoms with van der Waals surface area (Å²) < 4.78 is 10.4. The molecule has 0 atom stereocenters. The van der Waals surface area contributed by atoms with Gasteiger partial charge in [-0.15, -0.1) is 0 Å². The lowest BCUT2D eigenvalue weighted by Crippen LogP contribution is -2.11. The van der Waals surface area contributed by atoms with E-state index in [0.717, 1.165) is 6.07 Å². The van der Waals surface area contributed by atoms with Gasteiger partial charge in [0, 0.05) is 12.5 Å². The van der Waals surface area contributed by atoms with Gasteiger partial charge >= 0.3 is 11.9 Å². The standard InChI is InChI=1S/C16H17NO6/c1-2-22-14(19)7-4-8-23-13-6-3-5-10-15(13)12(18)9-11(17-10)16(20)21/h3,5-6,9H,2,4,7-8H2,1H3,(H,17,18)(H,20,21). The summed E-state index contributed by atoms with van der Waals surface area (Å²) in [6.07, 6.45) is 0.693. The molecule has 0 saturated heterocycles. The second kappa shape index (κ2) is 7.44. The number of aromatic nitrogens is 1. The van der Waals surface area contributed by atoms with Gasteiger partial charge in [0.15, 0.2) is 5.43 Å². The van der Waals surface area contributed by atoms with Crippen LogP contribution in [0.1, 0.15) is 30.3 Å². The molecule has 7 heteroatoms. The zero-order chi connectivity index (χ0) is 16.8. The van der Waals surface area contributed by atoms with Gasteiger partial charge < -0.3 is 19.6 Å². The molecule has 122 valence electrons. The minimum Gasteiger partial charge on any atom is -0.493 e. The number of carboxylic acid groups (broad SMARTS) is 1. The number of esters is 1. The minimum absolute atomic E-state index is 0.179. The third-order valence-electron chi connectivity index (χ3n) is 3.14. The summed E-state index contributed by atoms with van der Waals surface area (Å²) in [6.45, 7) is 2.32. The summed E-state index contributed by atoms with van der Waals surface area (Å²) in [5.41, 5.74) is -0.225. The van der Waals surface area contributed by atoms with Gasteiger partial charge in [-0.25, -0.2) is 4.79 Å². The molecule has 0 fully saturated rings. The fraction of sp³-hybridized carbons (Fsp3) is 0.312. The lowest BCUT2D eigenvalue weighted by atomic mass is 10.1.